The molecule has 0 bridgehead atoms. The minimum absolute atomic E-state index is 0.0137. The van der Waals surface area contributed by atoms with Crippen molar-refractivity contribution in [2.75, 3.05) is 26.7 Å². The van der Waals surface area contributed by atoms with Gasteiger partial charge in [0, 0.05) is 11.6 Å². The Morgan fingerprint density at radius 3 is 2.62 bits per heavy atom. The Bertz CT molecular complexity index is 216. The molecule has 2 rings (SSSR count). The highest BCUT2D eigenvalue weighted by Gasteiger charge is 2.33. The number of aliphatic hydroxyl groups excluding tert-OH is 1. The van der Waals surface area contributed by atoms with E-state index in [9.17, 15) is 5.11 Å². The first-order valence-electron chi connectivity index (χ1n) is 6.81. The summed E-state index contributed by atoms with van der Waals surface area (Å²) in [7, 11) is 2.18. The molecule has 0 radical (unpaired) electrons. The van der Waals surface area contributed by atoms with Gasteiger partial charge in [-0.25, -0.2) is 0 Å². The highest BCUT2D eigenvalue weighted by molar-refractivity contribution is 4.94. The van der Waals surface area contributed by atoms with Gasteiger partial charge in [-0.1, -0.05) is 12.8 Å². The molecule has 1 unspecified atom stereocenters. The number of likely N-dealkylation sites (tertiary alicyclic amines) is 1. The molecular formula is C13H26N2O. The van der Waals surface area contributed by atoms with E-state index in [0.717, 1.165) is 19.4 Å². The van der Waals surface area contributed by atoms with Gasteiger partial charge in [0.05, 0.1) is 6.61 Å². The summed E-state index contributed by atoms with van der Waals surface area (Å²) >= 11 is 0. The van der Waals surface area contributed by atoms with E-state index in [1.165, 1.54) is 38.6 Å². The average molecular weight is 226 g/mol. The van der Waals surface area contributed by atoms with E-state index in [2.05, 4.69) is 17.3 Å². The number of nitrogens with zero attached hydrogens (tertiary/aromatic N) is 1. The summed E-state index contributed by atoms with van der Waals surface area (Å²) in [5, 5.41) is 13.5. The minimum atomic E-state index is 0.0137. The molecule has 1 saturated carbocycles. The van der Waals surface area contributed by atoms with Crippen molar-refractivity contribution in [1.82, 2.24) is 10.2 Å². The summed E-state index contributed by atoms with van der Waals surface area (Å²) < 4.78 is 0. The molecule has 1 atom stereocenters. The maximum atomic E-state index is 9.73. The summed E-state index contributed by atoms with van der Waals surface area (Å²) in [6, 6.07) is 0.663. The fraction of sp³-hybridized carbons (Fsp3) is 1.00. The molecule has 2 fully saturated rings. The van der Waals surface area contributed by atoms with E-state index in [0.29, 0.717) is 12.6 Å². The molecule has 16 heavy (non-hydrogen) atoms. The van der Waals surface area contributed by atoms with E-state index in [4.69, 9.17) is 0 Å². The molecule has 2 N–H and O–H groups in total. The van der Waals surface area contributed by atoms with Gasteiger partial charge in [-0.3, -0.25) is 0 Å². The standard InChI is InChI=1S/C13H26N2O/c1-15-9-4-7-13(11-16,8-10-15)14-12-5-2-3-6-12/h12,14,16H,2-11H2,1H3. The Kier molecular flexibility index (Phi) is 4.22. The Morgan fingerprint density at radius 2 is 1.94 bits per heavy atom. The van der Waals surface area contributed by atoms with Gasteiger partial charge < -0.3 is 15.3 Å². The van der Waals surface area contributed by atoms with Crippen LogP contribution in [0.25, 0.3) is 0 Å². The van der Waals surface area contributed by atoms with Gasteiger partial charge >= 0.3 is 0 Å². The summed E-state index contributed by atoms with van der Waals surface area (Å²) in [6.07, 6.45) is 8.75. The zero-order valence-corrected chi connectivity index (χ0v) is 10.5. The quantitative estimate of drug-likeness (QED) is 0.763. The van der Waals surface area contributed by atoms with Crippen LogP contribution in [0, 0.1) is 0 Å². The molecule has 1 saturated heterocycles. The van der Waals surface area contributed by atoms with Crippen LogP contribution in [0.3, 0.4) is 0 Å². The van der Waals surface area contributed by atoms with Gasteiger partial charge in [0.1, 0.15) is 0 Å². The van der Waals surface area contributed by atoms with Gasteiger partial charge in [0.15, 0.2) is 0 Å². The van der Waals surface area contributed by atoms with Crippen molar-refractivity contribution in [3.63, 3.8) is 0 Å². The third-order valence-corrected chi connectivity index (χ3v) is 4.34. The van der Waals surface area contributed by atoms with Crippen molar-refractivity contribution in [2.45, 2.75) is 56.5 Å². The van der Waals surface area contributed by atoms with Crippen molar-refractivity contribution >= 4 is 0 Å². The molecule has 1 heterocycles. The molecule has 0 aromatic heterocycles. The fourth-order valence-electron chi connectivity index (χ4n) is 3.18. The SMILES string of the molecule is CN1CCCC(CO)(NC2CCCC2)CC1. The molecule has 0 amide bonds. The second kappa shape index (κ2) is 5.48. The summed E-state index contributed by atoms with van der Waals surface area (Å²) in [6.45, 7) is 2.59. The van der Waals surface area contributed by atoms with Gasteiger partial charge in [-0.15, -0.1) is 0 Å². The summed E-state index contributed by atoms with van der Waals surface area (Å²) in [5.41, 5.74) is 0.0137. The minimum Gasteiger partial charge on any atom is -0.394 e. The molecule has 3 nitrogen and oxygen atoms in total. The molecule has 0 aromatic carbocycles. The van der Waals surface area contributed by atoms with Crippen LogP contribution in [0.1, 0.15) is 44.9 Å². The lowest BCUT2D eigenvalue weighted by Gasteiger charge is -2.35. The van der Waals surface area contributed by atoms with Gasteiger partial charge in [0.2, 0.25) is 0 Å². The van der Waals surface area contributed by atoms with Crippen LogP contribution >= 0.6 is 0 Å². The lowest BCUT2D eigenvalue weighted by molar-refractivity contribution is 0.131. The number of nitrogens with one attached hydrogen (secondary N) is 1. The molecular weight excluding hydrogens is 200 g/mol. The fourth-order valence-corrected chi connectivity index (χ4v) is 3.18. The monoisotopic (exact) mass is 226 g/mol. The van der Waals surface area contributed by atoms with Crippen molar-refractivity contribution in [1.29, 1.82) is 0 Å². The van der Waals surface area contributed by atoms with E-state index in [1.807, 2.05) is 0 Å². The predicted molar refractivity (Wildman–Crippen MR) is 66.6 cm³/mol. The first-order chi connectivity index (χ1) is 7.74. The Hall–Kier alpha value is -0.120. The van der Waals surface area contributed by atoms with Crippen LogP contribution in [0.5, 0.6) is 0 Å². The first-order valence-corrected chi connectivity index (χ1v) is 6.81. The third kappa shape index (κ3) is 2.96. The lowest BCUT2D eigenvalue weighted by atomic mass is 9.90. The number of hydrogen-bond acceptors (Lipinski definition) is 3. The van der Waals surface area contributed by atoms with Crippen LogP contribution < -0.4 is 5.32 Å². The van der Waals surface area contributed by atoms with Gasteiger partial charge in [-0.05, 0) is 52.2 Å². The van der Waals surface area contributed by atoms with E-state index in [-0.39, 0.29) is 5.54 Å². The topological polar surface area (TPSA) is 35.5 Å². The zero-order valence-electron chi connectivity index (χ0n) is 10.5. The second-order valence-electron chi connectivity index (χ2n) is 5.72. The Balaban J connectivity index is 1.93. The second-order valence-corrected chi connectivity index (χ2v) is 5.72. The molecule has 2 aliphatic rings. The number of rotatable bonds is 3. The van der Waals surface area contributed by atoms with E-state index >= 15 is 0 Å². The van der Waals surface area contributed by atoms with Crippen LogP contribution in [-0.2, 0) is 0 Å². The molecule has 0 spiro atoms. The Labute approximate surface area is 99.2 Å². The molecule has 3 heteroatoms. The lowest BCUT2D eigenvalue weighted by Crippen LogP contribution is -2.52. The van der Waals surface area contributed by atoms with E-state index < -0.39 is 0 Å². The normalized spacial score (nSPS) is 34.1. The predicted octanol–water partition coefficient (Wildman–Crippen LogP) is 1.37. The summed E-state index contributed by atoms with van der Waals surface area (Å²) in [5.74, 6) is 0. The van der Waals surface area contributed by atoms with Crippen LogP contribution in [0.2, 0.25) is 0 Å². The van der Waals surface area contributed by atoms with Crippen LogP contribution in [0.15, 0.2) is 0 Å². The average Bonchev–Trinajstić information content (AvgIpc) is 2.71. The van der Waals surface area contributed by atoms with Gasteiger partial charge in [-0.2, -0.15) is 0 Å². The smallest absolute Gasteiger partial charge is 0.0613 e. The number of aliphatic hydroxyl groups is 1. The molecule has 1 aliphatic carbocycles. The van der Waals surface area contributed by atoms with Gasteiger partial charge in [0.25, 0.3) is 0 Å². The Morgan fingerprint density at radius 1 is 1.19 bits per heavy atom. The maximum absolute atomic E-state index is 9.73. The van der Waals surface area contributed by atoms with Crippen molar-refractivity contribution in [3.05, 3.63) is 0 Å². The third-order valence-electron chi connectivity index (χ3n) is 4.34. The zero-order chi connectivity index (χ0) is 11.4. The van der Waals surface area contributed by atoms with Crippen molar-refractivity contribution in [3.8, 4) is 0 Å². The van der Waals surface area contributed by atoms with E-state index in [1.54, 1.807) is 0 Å². The molecule has 94 valence electrons. The summed E-state index contributed by atoms with van der Waals surface area (Å²) in [4.78, 5) is 2.38. The first kappa shape index (κ1) is 12.3. The van der Waals surface area contributed by atoms with Crippen LogP contribution in [0.4, 0.5) is 0 Å². The maximum Gasteiger partial charge on any atom is 0.0613 e. The van der Waals surface area contributed by atoms with Crippen molar-refractivity contribution < 1.29 is 5.11 Å². The number of hydrogen-bond donors (Lipinski definition) is 2. The molecule has 0 aromatic rings. The highest BCUT2D eigenvalue weighted by Crippen LogP contribution is 2.26. The highest BCUT2D eigenvalue weighted by atomic mass is 16.3. The van der Waals surface area contributed by atoms with Crippen molar-refractivity contribution in [2.24, 2.45) is 0 Å². The molecule has 1 aliphatic heterocycles. The van der Waals surface area contributed by atoms with Crippen LogP contribution in [-0.4, -0.2) is 48.3 Å². The largest absolute Gasteiger partial charge is 0.394 e.